The number of nitrogens with zero attached hydrogens (tertiary/aromatic N) is 1. The molecule has 0 fully saturated rings. The van der Waals surface area contributed by atoms with Crippen LogP contribution in [0.15, 0.2) is 65.7 Å². The summed E-state index contributed by atoms with van der Waals surface area (Å²) in [5.74, 6) is -0.0215. The number of carbonyl (C=O) groups is 2. The minimum absolute atomic E-state index is 0.251. The van der Waals surface area contributed by atoms with Gasteiger partial charge in [-0.05, 0) is 73.3 Å². The largest absolute Gasteiger partial charge is 0.494 e. The van der Waals surface area contributed by atoms with E-state index in [2.05, 4.69) is 5.32 Å². The summed E-state index contributed by atoms with van der Waals surface area (Å²) in [5, 5.41) is 5.58. The zero-order valence-corrected chi connectivity index (χ0v) is 18.0. The summed E-state index contributed by atoms with van der Waals surface area (Å²) in [6.07, 6.45) is 0. The molecule has 1 aromatic heterocycles. The van der Waals surface area contributed by atoms with Crippen LogP contribution in [0.1, 0.15) is 17.4 Å². The molecule has 0 saturated heterocycles. The molecule has 1 N–H and O–H groups in total. The van der Waals surface area contributed by atoms with Gasteiger partial charge in [-0.2, -0.15) is 0 Å². The first-order chi connectivity index (χ1) is 14.5. The first-order valence-electron chi connectivity index (χ1n) is 9.42. The fraction of sp³-hybridized carbons (Fsp3) is 0.130. The molecular formula is C23H19ClN2O3S. The van der Waals surface area contributed by atoms with E-state index in [0.717, 1.165) is 16.2 Å². The van der Waals surface area contributed by atoms with Crippen molar-refractivity contribution in [3.63, 3.8) is 0 Å². The highest BCUT2D eigenvalue weighted by molar-refractivity contribution is 7.11. The molecule has 7 heteroatoms. The number of hydrogen-bond donors (Lipinski definition) is 1. The van der Waals surface area contributed by atoms with Crippen molar-refractivity contribution < 1.29 is 14.3 Å². The Kier molecular flexibility index (Phi) is 5.61. The van der Waals surface area contributed by atoms with E-state index < -0.39 is 5.91 Å². The lowest BCUT2D eigenvalue weighted by Crippen LogP contribution is -2.32. The number of carbonyl (C=O) groups excluding carboxylic acids is 2. The number of amides is 2. The van der Waals surface area contributed by atoms with Gasteiger partial charge in [-0.15, -0.1) is 11.3 Å². The van der Waals surface area contributed by atoms with Crippen LogP contribution >= 0.6 is 22.9 Å². The molecule has 30 heavy (non-hydrogen) atoms. The van der Waals surface area contributed by atoms with Gasteiger partial charge >= 0.3 is 0 Å². The molecule has 5 nitrogen and oxygen atoms in total. The van der Waals surface area contributed by atoms with Gasteiger partial charge in [0, 0.05) is 15.6 Å². The summed E-state index contributed by atoms with van der Waals surface area (Å²) in [6.45, 7) is 4.31. The Morgan fingerprint density at radius 3 is 2.47 bits per heavy atom. The van der Waals surface area contributed by atoms with Crippen molar-refractivity contribution in [1.82, 2.24) is 0 Å². The second kappa shape index (κ2) is 8.34. The van der Waals surface area contributed by atoms with Gasteiger partial charge in [-0.25, -0.2) is 4.90 Å². The van der Waals surface area contributed by atoms with Gasteiger partial charge in [-0.1, -0.05) is 17.7 Å². The van der Waals surface area contributed by atoms with Gasteiger partial charge < -0.3 is 10.1 Å². The Morgan fingerprint density at radius 2 is 1.83 bits per heavy atom. The van der Waals surface area contributed by atoms with Crippen molar-refractivity contribution in [3.8, 4) is 5.75 Å². The molecule has 152 valence electrons. The Morgan fingerprint density at radius 1 is 1.07 bits per heavy atom. The number of halogens is 1. The van der Waals surface area contributed by atoms with Crippen LogP contribution in [0.5, 0.6) is 5.75 Å². The summed E-state index contributed by atoms with van der Waals surface area (Å²) in [7, 11) is 0. The molecule has 0 unspecified atom stereocenters. The minimum atomic E-state index is -0.400. The normalized spacial score (nSPS) is 13.9. The van der Waals surface area contributed by atoms with Crippen LogP contribution in [0.4, 0.5) is 11.4 Å². The van der Waals surface area contributed by atoms with E-state index in [9.17, 15) is 9.59 Å². The predicted octanol–water partition coefficient (Wildman–Crippen LogP) is 5.51. The monoisotopic (exact) mass is 438 g/mol. The van der Waals surface area contributed by atoms with Crippen LogP contribution in [0, 0.1) is 6.92 Å². The lowest BCUT2D eigenvalue weighted by molar-refractivity contribution is -0.120. The molecule has 2 aromatic carbocycles. The van der Waals surface area contributed by atoms with Gasteiger partial charge in [0.2, 0.25) is 0 Å². The zero-order valence-electron chi connectivity index (χ0n) is 16.4. The number of thiophene rings is 1. The summed E-state index contributed by atoms with van der Waals surface area (Å²) in [5.41, 5.74) is 2.57. The molecule has 0 spiro atoms. The van der Waals surface area contributed by atoms with Gasteiger partial charge in [-0.3, -0.25) is 9.59 Å². The van der Waals surface area contributed by atoms with Crippen LogP contribution < -0.4 is 15.0 Å². The first-order valence-corrected chi connectivity index (χ1v) is 10.7. The van der Waals surface area contributed by atoms with Crippen LogP contribution in [-0.4, -0.2) is 18.4 Å². The van der Waals surface area contributed by atoms with Gasteiger partial charge in [0.25, 0.3) is 11.8 Å². The van der Waals surface area contributed by atoms with Crippen LogP contribution in [0.25, 0.3) is 5.57 Å². The Bertz CT molecular complexity index is 1140. The van der Waals surface area contributed by atoms with Crippen molar-refractivity contribution in [2.75, 3.05) is 16.8 Å². The Balaban J connectivity index is 1.74. The quantitative estimate of drug-likeness (QED) is 0.516. The number of anilines is 2. The lowest BCUT2D eigenvalue weighted by atomic mass is 10.1. The third-order valence-corrected chi connectivity index (χ3v) is 5.81. The number of aryl methyl sites for hydroxylation is 1. The van der Waals surface area contributed by atoms with Crippen LogP contribution in [0.3, 0.4) is 0 Å². The molecule has 1 aliphatic rings. The highest BCUT2D eigenvalue weighted by Gasteiger charge is 2.41. The van der Waals surface area contributed by atoms with E-state index in [1.54, 1.807) is 18.2 Å². The number of nitrogens with one attached hydrogen (secondary N) is 1. The third-order valence-electron chi connectivity index (χ3n) is 4.69. The van der Waals surface area contributed by atoms with E-state index >= 15 is 0 Å². The highest BCUT2D eigenvalue weighted by Crippen LogP contribution is 2.37. The second-order valence-corrected chi connectivity index (χ2v) is 8.07. The SMILES string of the molecule is CCOc1ccc(NC2=C(c3cccs3)C(=O)N(c3ccc(Cl)cc3C)C2=O)cc1. The van der Waals surface area contributed by atoms with E-state index in [0.29, 0.717) is 28.6 Å². The maximum absolute atomic E-state index is 13.4. The molecule has 0 radical (unpaired) electrons. The number of rotatable bonds is 6. The molecule has 4 rings (SSSR count). The van der Waals surface area contributed by atoms with E-state index in [1.807, 2.05) is 55.6 Å². The highest BCUT2D eigenvalue weighted by atomic mass is 35.5. The topological polar surface area (TPSA) is 58.6 Å². The lowest BCUT2D eigenvalue weighted by Gasteiger charge is -2.18. The second-order valence-electron chi connectivity index (χ2n) is 6.69. The molecular weight excluding hydrogens is 420 g/mol. The Hall–Kier alpha value is -3.09. The van der Waals surface area contributed by atoms with Gasteiger partial charge in [0.1, 0.15) is 11.4 Å². The third kappa shape index (κ3) is 3.72. The predicted molar refractivity (Wildman–Crippen MR) is 121 cm³/mol. The van der Waals surface area contributed by atoms with E-state index in [4.69, 9.17) is 16.3 Å². The van der Waals surface area contributed by atoms with Crippen molar-refractivity contribution in [1.29, 1.82) is 0 Å². The summed E-state index contributed by atoms with van der Waals surface area (Å²) in [6, 6.07) is 16.1. The number of imide groups is 1. The van der Waals surface area contributed by atoms with Crippen molar-refractivity contribution in [2.45, 2.75) is 13.8 Å². The van der Waals surface area contributed by atoms with Crippen molar-refractivity contribution in [3.05, 3.63) is 81.1 Å². The maximum Gasteiger partial charge on any atom is 0.282 e. The number of benzene rings is 2. The number of ether oxygens (including phenoxy) is 1. The van der Waals surface area contributed by atoms with Gasteiger partial charge in [0.15, 0.2) is 0 Å². The summed E-state index contributed by atoms with van der Waals surface area (Å²) in [4.78, 5) is 28.7. The summed E-state index contributed by atoms with van der Waals surface area (Å²) < 4.78 is 5.47. The Labute approximate surface area is 183 Å². The first kappa shape index (κ1) is 20.2. The standard InChI is InChI=1S/C23H19ClN2O3S/c1-3-29-17-9-7-16(8-10-17)25-21-20(19-5-4-12-30-19)22(27)26(23(21)28)18-11-6-15(24)13-14(18)2/h4-13,25H,3H2,1-2H3. The van der Waals surface area contributed by atoms with Crippen molar-refractivity contribution >= 4 is 51.7 Å². The molecule has 1 aliphatic heterocycles. The molecule has 0 bridgehead atoms. The zero-order chi connectivity index (χ0) is 21.3. The average Bonchev–Trinajstić information content (AvgIpc) is 3.32. The molecule has 0 saturated carbocycles. The molecule has 2 amide bonds. The minimum Gasteiger partial charge on any atom is -0.494 e. The van der Waals surface area contributed by atoms with Gasteiger partial charge in [0.05, 0.1) is 17.9 Å². The maximum atomic E-state index is 13.4. The smallest absolute Gasteiger partial charge is 0.282 e. The molecule has 0 atom stereocenters. The van der Waals surface area contributed by atoms with Crippen LogP contribution in [-0.2, 0) is 9.59 Å². The average molecular weight is 439 g/mol. The molecule has 2 heterocycles. The summed E-state index contributed by atoms with van der Waals surface area (Å²) >= 11 is 7.47. The number of hydrogen-bond acceptors (Lipinski definition) is 5. The van der Waals surface area contributed by atoms with Crippen LogP contribution in [0.2, 0.25) is 5.02 Å². The fourth-order valence-corrected chi connectivity index (χ4v) is 4.32. The molecule has 0 aliphatic carbocycles. The van der Waals surface area contributed by atoms with E-state index in [1.165, 1.54) is 16.2 Å². The fourth-order valence-electron chi connectivity index (χ4n) is 3.33. The van der Waals surface area contributed by atoms with E-state index in [-0.39, 0.29) is 11.6 Å². The van der Waals surface area contributed by atoms with Crippen molar-refractivity contribution in [2.24, 2.45) is 0 Å². The molecule has 3 aromatic rings.